The maximum atomic E-state index is 12.3. The van der Waals surface area contributed by atoms with Gasteiger partial charge in [-0.1, -0.05) is 11.8 Å². The van der Waals surface area contributed by atoms with Crippen LogP contribution in [0.4, 0.5) is 10.8 Å². The van der Waals surface area contributed by atoms with Gasteiger partial charge in [0.1, 0.15) is 16.9 Å². The van der Waals surface area contributed by atoms with Crippen LogP contribution in [-0.2, 0) is 14.8 Å². The van der Waals surface area contributed by atoms with Gasteiger partial charge >= 0.3 is 0 Å². The number of aromatic amines is 1. The summed E-state index contributed by atoms with van der Waals surface area (Å²) in [6.45, 7) is 0. The zero-order chi connectivity index (χ0) is 20.3. The molecule has 0 saturated carbocycles. The van der Waals surface area contributed by atoms with Crippen molar-refractivity contribution in [3.8, 4) is 0 Å². The lowest BCUT2D eigenvalue weighted by Crippen LogP contribution is -2.15. The maximum absolute atomic E-state index is 12.3. The maximum Gasteiger partial charge on any atom is 0.263 e. The lowest BCUT2D eigenvalue weighted by Gasteiger charge is -2.08. The van der Waals surface area contributed by atoms with E-state index >= 15 is 0 Å². The van der Waals surface area contributed by atoms with Crippen molar-refractivity contribution in [2.24, 2.45) is 0 Å². The summed E-state index contributed by atoms with van der Waals surface area (Å²) in [6.07, 6.45) is 4.42. The van der Waals surface area contributed by atoms with Crippen molar-refractivity contribution in [3.05, 3.63) is 48.5 Å². The summed E-state index contributed by atoms with van der Waals surface area (Å²) in [5, 5.41) is 5.31. The topological polar surface area (TPSA) is 143 Å². The molecule has 3 aromatic heterocycles. The van der Waals surface area contributed by atoms with E-state index in [2.05, 4.69) is 35.0 Å². The highest BCUT2D eigenvalue weighted by molar-refractivity contribution is 8.00. The third-order valence-corrected chi connectivity index (χ3v) is 6.79. The molecule has 0 spiro atoms. The number of thioether (sulfide) groups is 1. The zero-order valence-corrected chi connectivity index (χ0v) is 17.0. The molecule has 4 rings (SSSR count). The highest BCUT2D eigenvalue weighted by Crippen LogP contribution is 2.23. The molecule has 1 amide bonds. The number of anilines is 2. The Bertz CT molecular complexity index is 1240. The molecule has 10 nitrogen and oxygen atoms in total. The number of hydrogen-bond donors (Lipinski definition) is 3. The molecule has 3 N–H and O–H groups in total. The third kappa shape index (κ3) is 4.52. The van der Waals surface area contributed by atoms with Crippen LogP contribution in [-0.4, -0.2) is 45.0 Å². The number of carbonyl (C=O) groups excluding carboxylic acids is 1. The molecule has 29 heavy (non-hydrogen) atoms. The molecule has 0 radical (unpaired) electrons. The summed E-state index contributed by atoms with van der Waals surface area (Å²) in [7, 11) is -3.73. The van der Waals surface area contributed by atoms with E-state index in [0.29, 0.717) is 21.9 Å². The lowest BCUT2D eigenvalue weighted by molar-refractivity contribution is -0.113. The number of amides is 1. The Morgan fingerprint density at radius 2 is 1.97 bits per heavy atom. The van der Waals surface area contributed by atoms with E-state index in [1.807, 2.05) is 0 Å². The normalized spacial score (nSPS) is 11.4. The Hall–Kier alpha value is -3.03. The molecule has 3 heterocycles. The number of sulfonamides is 1. The van der Waals surface area contributed by atoms with Gasteiger partial charge in [0.05, 0.1) is 17.0 Å². The first-order valence-electron chi connectivity index (χ1n) is 8.10. The minimum absolute atomic E-state index is 0.0719. The van der Waals surface area contributed by atoms with E-state index < -0.39 is 10.0 Å². The first-order valence-corrected chi connectivity index (χ1v) is 11.5. The van der Waals surface area contributed by atoms with Crippen LogP contribution in [0.2, 0.25) is 0 Å². The molecule has 0 aliphatic rings. The van der Waals surface area contributed by atoms with Gasteiger partial charge in [0.15, 0.2) is 10.8 Å². The van der Waals surface area contributed by atoms with Crippen LogP contribution in [0.15, 0.2) is 58.4 Å². The van der Waals surface area contributed by atoms with Gasteiger partial charge in [-0.3, -0.25) is 9.52 Å². The quantitative estimate of drug-likeness (QED) is 0.289. The highest BCUT2D eigenvalue weighted by atomic mass is 32.2. The summed E-state index contributed by atoms with van der Waals surface area (Å²) >= 11 is 2.43. The molecule has 0 aliphatic carbocycles. The summed E-state index contributed by atoms with van der Waals surface area (Å²) < 4.78 is 27.0. The van der Waals surface area contributed by atoms with E-state index in [1.54, 1.807) is 5.38 Å². The second-order valence-electron chi connectivity index (χ2n) is 5.58. The molecule has 1 aromatic carbocycles. The van der Waals surface area contributed by atoms with Gasteiger partial charge in [0, 0.05) is 17.3 Å². The number of nitrogens with one attached hydrogen (secondary N) is 3. The molecular formula is C16H13N7O3S3. The van der Waals surface area contributed by atoms with E-state index in [-0.39, 0.29) is 21.7 Å². The molecule has 0 unspecified atom stereocenters. The largest absolute Gasteiger partial charge is 0.341 e. The molecular weight excluding hydrogens is 434 g/mol. The van der Waals surface area contributed by atoms with Crippen molar-refractivity contribution in [2.75, 3.05) is 15.8 Å². The Morgan fingerprint density at radius 3 is 2.72 bits per heavy atom. The van der Waals surface area contributed by atoms with Gasteiger partial charge < -0.3 is 10.3 Å². The van der Waals surface area contributed by atoms with Crippen molar-refractivity contribution in [1.82, 2.24) is 24.9 Å². The van der Waals surface area contributed by atoms with Crippen LogP contribution >= 0.6 is 23.1 Å². The van der Waals surface area contributed by atoms with Crippen LogP contribution in [0.1, 0.15) is 0 Å². The monoisotopic (exact) mass is 447 g/mol. The molecule has 0 aliphatic heterocycles. The standard InChI is InChI=1S/C16H13N7O3S3/c24-12(7-28-15-13-14(19-8-18-13)20-9-21-15)22-10-1-3-11(4-2-10)29(25,26)23-16-17-5-6-27-16/h1-6,8-9H,7H2,(H,17,23)(H,22,24)(H,18,19,20,21). The fraction of sp³-hybridized carbons (Fsp3) is 0.0625. The predicted molar refractivity (Wildman–Crippen MR) is 110 cm³/mol. The van der Waals surface area contributed by atoms with Gasteiger partial charge in [-0.15, -0.1) is 11.3 Å². The number of H-pyrrole nitrogens is 1. The fourth-order valence-electron chi connectivity index (χ4n) is 2.35. The number of nitrogens with zero attached hydrogens (tertiary/aromatic N) is 4. The molecule has 4 aromatic rings. The van der Waals surface area contributed by atoms with E-state index in [9.17, 15) is 13.2 Å². The number of fused-ring (bicyclic) bond motifs is 1. The second kappa shape index (κ2) is 8.14. The van der Waals surface area contributed by atoms with Crippen molar-refractivity contribution in [3.63, 3.8) is 0 Å². The van der Waals surface area contributed by atoms with Crippen molar-refractivity contribution in [2.45, 2.75) is 9.92 Å². The smallest absolute Gasteiger partial charge is 0.263 e. The van der Waals surface area contributed by atoms with Crippen LogP contribution in [0, 0.1) is 0 Å². The van der Waals surface area contributed by atoms with E-state index in [1.165, 1.54) is 66.2 Å². The number of hydrogen-bond acceptors (Lipinski definition) is 9. The van der Waals surface area contributed by atoms with Crippen LogP contribution in [0.25, 0.3) is 11.2 Å². The van der Waals surface area contributed by atoms with Crippen LogP contribution in [0.5, 0.6) is 0 Å². The number of carbonyl (C=O) groups is 1. The molecule has 0 fully saturated rings. The number of benzene rings is 1. The number of imidazole rings is 1. The van der Waals surface area contributed by atoms with Crippen LogP contribution in [0.3, 0.4) is 0 Å². The summed E-state index contributed by atoms with van der Waals surface area (Å²) in [5.41, 5.74) is 1.69. The Morgan fingerprint density at radius 1 is 1.14 bits per heavy atom. The highest BCUT2D eigenvalue weighted by Gasteiger charge is 2.16. The fourth-order valence-corrected chi connectivity index (χ4v) is 4.89. The molecule has 148 valence electrons. The summed E-state index contributed by atoms with van der Waals surface area (Å²) in [6, 6.07) is 5.88. The van der Waals surface area contributed by atoms with E-state index in [4.69, 9.17) is 0 Å². The Kier molecular flexibility index (Phi) is 5.42. The SMILES string of the molecule is O=C(CSc1ncnc2nc[nH]c12)Nc1ccc(S(=O)(=O)Nc2nccs2)cc1. The zero-order valence-electron chi connectivity index (χ0n) is 14.6. The number of aromatic nitrogens is 5. The Balaban J connectivity index is 1.37. The Labute approximate surface area is 173 Å². The summed E-state index contributed by atoms with van der Waals surface area (Å²) in [5.74, 6) is -0.130. The van der Waals surface area contributed by atoms with Gasteiger partial charge in [0.2, 0.25) is 5.91 Å². The van der Waals surface area contributed by atoms with Gasteiger partial charge in [-0.25, -0.2) is 28.4 Å². The predicted octanol–water partition coefficient (Wildman–Crippen LogP) is 2.34. The second-order valence-corrected chi connectivity index (χ2v) is 9.12. The van der Waals surface area contributed by atoms with Gasteiger partial charge in [-0.2, -0.15) is 0 Å². The average molecular weight is 448 g/mol. The number of thiazole rings is 1. The minimum atomic E-state index is -3.73. The first kappa shape index (κ1) is 19.3. The first-order chi connectivity index (χ1) is 14.0. The van der Waals surface area contributed by atoms with Crippen molar-refractivity contribution >= 4 is 61.0 Å². The van der Waals surface area contributed by atoms with Gasteiger partial charge in [-0.05, 0) is 24.3 Å². The van der Waals surface area contributed by atoms with Crippen molar-refractivity contribution in [1.29, 1.82) is 0 Å². The molecule has 0 bridgehead atoms. The van der Waals surface area contributed by atoms with Crippen LogP contribution < -0.4 is 10.0 Å². The molecule has 0 atom stereocenters. The number of rotatable bonds is 7. The van der Waals surface area contributed by atoms with E-state index in [0.717, 1.165) is 0 Å². The van der Waals surface area contributed by atoms with Gasteiger partial charge in [0.25, 0.3) is 10.0 Å². The molecule has 13 heteroatoms. The minimum Gasteiger partial charge on any atom is -0.341 e. The average Bonchev–Trinajstić information content (AvgIpc) is 3.38. The third-order valence-electron chi connectivity index (χ3n) is 3.63. The summed E-state index contributed by atoms with van der Waals surface area (Å²) in [4.78, 5) is 31.3. The lowest BCUT2D eigenvalue weighted by atomic mass is 10.3. The molecule has 0 saturated heterocycles. The van der Waals surface area contributed by atoms with Crippen molar-refractivity contribution < 1.29 is 13.2 Å².